The lowest BCUT2D eigenvalue weighted by atomic mass is 10.0. The second kappa shape index (κ2) is 9.69. The van der Waals surface area contributed by atoms with Crippen LogP contribution in [-0.4, -0.2) is 57.5 Å². The lowest BCUT2D eigenvalue weighted by Gasteiger charge is -2.29. The fraction of sp³-hybridized carbons (Fsp3) is 0.308. The first-order valence-electron chi connectivity index (χ1n) is 11.4. The summed E-state index contributed by atoms with van der Waals surface area (Å²) in [5, 5.41) is 4.98. The molecule has 1 N–H and O–H groups in total. The number of anilines is 2. The zero-order valence-electron chi connectivity index (χ0n) is 18.7. The number of halogens is 1. The summed E-state index contributed by atoms with van der Waals surface area (Å²) in [7, 11) is 0. The molecule has 2 aliphatic rings. The van der Waals surface area contributed by atoms with Gasteiger partial charge in [0.2, 0.25) is 5.91 Å². The van der Waals surface area contributed by atoms with Gasteiger partial charge in [0.25, 0.3) is 0 Å². The van der Waals surface area contributed by atoms with Crippen molar-refractivity contribution in [2.24, 2.45) is 0 Å². The highest BCUT2D eigenvalue weighted by atomic mass is 19.1. The molecule has 2 saturated heterocycles. The van der Waals surface area contributed by atoms with Gasteiger partial charge in [-0.15, -0.1) is 0 Å². The van der Waals surface area contributed by atoms with Crippen LogP contribution in [-0.2, 0) is 20.7 Å². The van der Waals surface area contributed by atoms with Crippen LogP contribution < -0.4 is 15.1 Å². The molecule has 0 bridgehead atoms. The van der Waals surface area contributed by atoms with Crippen LogP contribution in [0.2, 0.25) is 0 Å². The molecule has 34 heavy (non-hydrogen) atoms. The van der Waals surface area contributed by atoms with Gasteiger partial charge in [-0.25, -0.2) is 9.18 Å². The molecule has 0 spiro atoms. The van der Waals surface area contributed by atoms with Crippen LogP contribution in [0.15, 0.2) is 60.7 Å². The van der Waals surface area contributed by atoms with Gasteiger partial charge < -0.3 is 19.7 Å². The third-order valence-electron chi connectivity index (χ3n) is 6.23. The van der Waals surface area contributed by atoms with E-state index in [4.69, 9.17) is 9.47 Å². The number of fused-ring (bicyclic) bond motifs is 1. The number of hydrogen-bond donors (Lipinski definition) is 1. The van der Waals surface area contributed by atoms with E-state index in [1.807, 2.05) is 47.4 Å². The smallest absolute Gasteiger partial charge is 0.414 e. The van der Waals surface area contributed by atoms with Crippen LogP contribution in [0.3, 0.4) is 0 Å². The van der Waals surface area contributed by atoms with Gasteiger partial charge in [-0.1, -0.05) is 42.5 Å². The van der Waals surface area contributed by atoms with Crippen molar-refractivity contribution in [3.8, 4) is 0 Å². The summed E-state index contributed by atoms with van der Waals surface area (Å²) in [5.74, 6) is -0.536. The van der Waals surface area contributed by atoms with Crippen molar-refractivity contribution < 1.29 is 23.5 Å². The fourth-order valence-corrected chi connectivity index (χ4v) is 4.47. The minimum atomic E-state index is -0.549. The van der Waals surface area contributed by atoms with E-state index < -0.39 is 12.2 Å². The Hall–Kier alpha value is -3.65. The number of hydrogen-bond acceptors (Lipinski definition) is 5. The molecule has 3 aromatic rings. The molecule has 2 fully saturated rings. The second-order valence-corrected chi connectivity index (χ2v) is 8.47. The van der Waals surface area contributed by atoms with Gasteiger partial charge in [0.1, 0.15) is 11.9 Å². The van der Waals surface area contributed by atoms with E-state index in [0.717, 1.165) is 16.3 Å². The van der Waals surface area contributed by atoms with E-state index in [9.17, 15) is 14.0 Å². The number of carbonyl (C=O) groups excluding carboxylic acids is 2. The van der Waals surface area contributed by atoms with E-state index in [-0.39, 0.29) is 31.2 Å². The highest BCUT2D eigenvalue weighted by Gasteiger charge is 2.33. The first kappa shape index (κ1) is 22.2. The van der Waals surface area contributed by atoms with Gasteiger partial charge in [0.15, 0.2) is 0 Å². The maximum Gasteiger partial charge on any atom is 0.414 e. The van der Waals surface area contributed by atoms with E-state index in [1.165, 1.54) is 11.0 Å². The van der Waals surface area contributed by atoms with Crippen LogP contribution in [0.1, 0.15) is 5.56 Å². The number of cyclic esters (lactones) is 1. The summed E-state index contributed by atoms with van der Waals surface area (Å²) in [4.78, 5) is 28.3. The maximum absolute atomic E-state index is 14.8. The zero-order valence-corrected chi connectivity index (χ0v) is 18.7. The number of amides is 2. The summed E-state index contributed by atoms with van der Waals surface area (Å²) in [5.41, 5.74) is 1.87. The summed E-state index contributed by atoms with van der Waals surface area (Å²) >= 11 is 0. The maximum atomic E-state index is 14.8. The molecule has 2 aliphatic heterocycles. The van der Waals surface area contributed by atoms with Gasteiger partial charge in [0.05, 0.1) is 44.1 Å². The average molecular weight is 464 g/mol. The molecule has 5 rings (SSSR count). The molecular formula is C26H26FN3O4. The number of ether oxygens (including phenoxy) is 2. The Morgan fingerprint density at radius 1 is 1.06 bits per heavy atom. The summed E-state index contributed by atoms with van der Waals surface area (Å²) in [6.07, 6.45) is -0.822. The van der Waals surface area contributed by atoms with Crippen LogP contribution in [0.25, 0.3) is 10.8 Å². The van der Waals surface area contributed by atoms with E-state index >= 15 is 0 Å². The van der Waals surface area contributed by atoms with E-state index in [0.29, 0.717) is 37.7 Å². The van der Waals surface area contributed by atoms with Crippen molar-refractivity contribution in [3.05, 3.63) is 72.0 Å². The normalized spacial score (nSPS) is 18.3. The van der Waals surface area contributed by atoms with Gasteiger partial charge >= 0.3 is 6.09 Å². The molecule has 0 saturated carbocycles. The second-order valence-electron chi connectivity index (χ2n) is 8.47. The number of nitrogens with one attached hydrogen (secondary N) is 1. The number of morpholine rings is 1. The molecule has 7 nitrogen and oxygen atoms in total. The van der Waals surface area contributed by atoms with Crippen molar-refractivity contribution in [2.45, 2.75) is 12.5 Å². The van der Waals surface area contributed by atoms with Crippen molar-refractivity contribution >= 4 is 34.1 Å². The van der Waals surface area contributed by atoms with Crippen molar-refractivity contribution in [1.29, 1.82) is 0 Å². The minimum absolute atomic E-state index is 0.147. The largest absolute Gasteiger partial charge is 0.442 e. The first-order valence-corrected chi connectivity index (χ1v) is 11.4. The van der Waals surface area contributed by atoms with Gasteiger partial charge in [-0.05, 0) is 34.5 Å². The third kappa shape index (κ3) is 4.68. The molecule has 1 atom stereocenters. The monoisotopic (exact) mass is 463 g/mol. The summed E-state index contributed by atoms with van der Waals surface area (Å²) in [6.45, 7) is 2.82. The summed E-state index contributed by atoms with van der Waals surface area (Å²) in [6, 6.07) is 18.6. The Morgan fingerprint density at radius 2 is 1.85 bits per heavy atom. The quantitative estimate of drug-likeness (QED) is 0.606. The Balaban J connectivity index is 1.18. The highest BCUT2D eigenvalue weighted by Crippen LogP contribution is 2.28. The van der Waals surface area contributed by atoms with Crippen LogP contribution in [0.5, 0.6) is 0 Å². The molecule has 8 heteroatoms. The number of nitrogens with zero attached hydrogens (tertiary/aromatic N) is 2. The Kier molecular flexibility index (Phi) is 6.31. The first-order chi connectivity index (χ1) is 16.6. The van der Waals surface area contributed by atoms with Gasteiger partial charge in [-0.3, -0.25) is 9.69 Å². The third-order valence-corrected chi connectivity index (χ3v) is 6.23. The standard InChI is InChI=1S/C26H26FN3O4/c27-23-15-20(8-9-24(23)29-10-12-33-13-11-29)30-17-21(34-26(30)32)16-28-25(31)14-19-6-3-5-18-4-1-2-7-22(18)19/h1-9,15,21H,10-14,16-17H2,(H,28,31)/t21-/m0/s1. The van der Waals surface area contributed by atoms with Crippen molar-refractivity contribution in [1.82, 2.24) is 5.32 Å². The van der Waals surface area contributed by atoms with Crippen LogP contribution in [0, 0.1) is 5.82 Å². The van der Waals surface area contributed by atoms with Gasteiger partial charge in [0, 0.05) is 13.1 Å². The molecule has 2 heterocycles. The highest BCUT2D eigenvalue weighted by molar-refractivity contribution is 5.91. The topological polar surface area (TPSA) is 71.1 Å². The number of carbonyl (C=O) groups is 2. The van der Waals surface area contributed by atoms with E-state index in [2.05, 4.69) is 5.32 Å². The molecule has 0 aliphatic carbocycles. The van der Waals surface area contributed by atoms with Crippen LogP contribution in [0.4, 0.5) is 20.6 Å². The van der Waals surface area contributed by atoms with Crippen molar-refractivity contribution in [3.63, 3.8) is 0 Å². The lowest BCUT2D eigenvalue weighted by molar-refractivity contribution is -0.120. The van der Waals surface area contributed by atoms with Crippen LogP contribution >= 0.6 is 0 Å². The Labute approximate surface area is 197 Å². The minimum Gasteiger partial charge on any atom is -0.442 e. The van der Waals surface area contributed by atoms with Crippen molar-refractivity contribution in [2.75, 3.05) is 49.2 Å². The average Bonchev–Trinajstić information content (AvgIpc) is 3.24. The summed E-state index contributed by atoms with van der Waals surface area (Å²) < 4.78 is 25.5. The molecule has 0 radical (unpaired) electrons. The lowest BCUT2D eigenvalue weighted by Crippen LogP contribution is -2.37. The molecule has 0 unspecified atom stereocenters. The molecule has 176 valence electrons. The zero-order chi connectivity index (χ0) is 23.5. The predicted molar refractivity (Wildman–Crippen MR) is 128 cm³/mol. The predicted octanol–water partition coefficient (Wildman–Crippen LogP) is 3.50. The number of rotatable bonds is 6. The molecule has 3 aromatic carbocycles. The molecular weight excluding hydrogens is 437 g/mol. The molecule has 0 aromatic heterocycles. The van der Waals surface area contributed by atoms with Gasteiger partial charge in [-0.2, -0.15) is 0 Å². The Morgan fingerprint density at radius 3 is 2.68 bits per heavy atom. The fourth-order valence-electron chi connectivity index (χ4n) is 4.47. The molecule has 2 amide bonds. The SMILES string of the molecule is O=C(Cc1cccc2ccccc12)NC[C@H]1CN(c2ccc(N3CCOCC3)c(F)c2)C(=O)O1. The number of benzene rings is 3. The van der Waals surface area contributed by atoms with E-state index in [1.54, 1.807) is 12.1 Å². The Bertz CT molecular complexity index is 1210.